The van der Waals surface area contributed by atoms with E-state index in [0.717, 1.165) is 11.3 Å². The van der Waals surface area contributed by atoms with Gasteiger partial charge in [-0.15, -0.1) is 0 Å². The van der Waals surface area contributed by atoms with E-state index >= 15 is 0 Å². The van der Waals surface area contributed by atoms with Crippen LogP contribution >= 0.6 is 0 Å². The van der Waals surface area contributed by atoms with Gasteiger partial charge in [-0.1, -0.05) is 42.5 Å². The maximum atomic E-state index is 14.3. The summed E-state index contributed by atoms with van der Waals surface area (Å²) < 4.78 is 14.3. The molecule has 0 radical (unpaired) electrons. The van der Waals surface area contributed by atoms with Gasteiger partial charge in [-0.25, -0.2) is 19.1 Å². The lowest BCUT2D eigenvalue weighted by molar-refractivity contribution is 0.258. The number of carbonyl (C=O) groups excluding carboxylic acids is 1. The maximum absolute atomic E-state index is 14.3. The third-order valence-electron chi connectivity index (χ3n) is 5.46. The SMILES string of the molecule is CC(Nc1nccc(N(C(=O)Nc2ccccc2F)c2ccc(N(C)C)cc2)n1)c1ccccc1. The van der Waals surface area contributed by atoms with Crippen molar-refractivity contribution in [1.29, 1.82) is 0 Å². The number of hydrogen-bond donors (Lipinski definition) is 2. The van der Waals surface area contributed by atoms with E-state index in [4.69, 9.17) is 0 Å². The predicted molar refractivity (Wildman–Crippen MR) is 139 cm³/mol. The average molecular weight is 471 g/mol. The smallest absolute Gasteiger partial charge is 0.332 e. The summed E-state index contributed by atoms with van der Waals surface area (Å²) in [5.74, 6) is 0.187. The molecule has 0 bridgehead atoms. The summed E-state index contributed by atoms with van der Waals surface area (Å²) in [5.41, 5.74) is 2.71. The quantitative estimate of drug-likeness (QED) is 0.335. The van der Waals surface area contributed by atoms with Gasteiger partial charge in [0, 0.05) is 32.0 Å². The minimum Gasteiger partial charge on any atom is -0.378 e. The van der Waals surface area contributed by atoms with E-state index in [1.165, 1.54) is 17.0 Å². The molecular formula is C27H27FN6O. The van der Waals surface area contributed by atoms with Crippen LogP contribution in [0.25, 0.3) is 0 Å². The number of rotatable bonds is 7. The first-order valence-corrected chi connectivity index (χ1v) is 11.2. The molecule has 8 heteroatoms. The number of anilines is 5. The summed E-state index contributed by atoms with van der Waals surface area (Å²) in [7, 11) is 3.88. The fourth-order valence-corrected chi connectivity index (χ4v) is 3.55. The third-order valence-corrected chi connectivity index (χ3v) is 5.46. The van der Waals surface area contributed by atoms with Crippen molar-refractivity contribution in [3.8, 4) is 0 Å². The molecular weight excluding hydrogens is 443 g/mol. The molecule has 35 heavy (non-hydrogen) atoms. The van der Waals surface area contributed by atoms with Gasteiger partial charge in [-0.3, -0.25) is 0 Å². The van der Waals surface area contributed by atoms with Gasteiger partial charge in [0.2, 0.25) is 5.95 Å². The summed E-state index contributed by atoms with van der Waals surface area (Å²) in [4.78, 5) is 25.7. The Hall–Kier alpha value is -4.46. The zero-order valence-electron chi connectivity index (χ0n) is 19.8. The summed E-state index contributed by atoms with van der Waals surface area (Å²) in [6.45, 7) is 2.01. The zero-order chi connectivity index (χ0) is 24.8. The second-order valence-electron chi connectivity index (χ2n) is 8.17. The van der Waals surface area contributed by atoms with Crippen molar-refractivity contribution in [2.24, 2.45) is 0 Å². The van der Waals surface area contributed by atoms with Crippen molar-refractivity contribution < 1.29 is 9.18 Å². The van der Waals surface area contributed by atoms with E-state index in [9.17, 15) is 9.18 Å². The van der Waals surface area contributed by atoms with E-state index in [0.29, 0.717) is 17.5 Å². The third kappa shape index (κ3) is 5.73. The lowest BCUT2D eigenvalue weighted by Gasteiger charge is -2.24. The maximum Gasteiger partial charge on any atom is 0.332 e. The van der Waals surface area contributed by atoms with Crippen LogP contribution in [-0.2, 0) is 0 Å². The number of para-hydroxylation sites is 1. The fourth-order valence-electron chi connectivity index (χ4n) is 3.55. The van der Waals surface area contributed by atoms with Crippen LogP contribution in [0.4, 0.5) is 38.0 Å². The van der Waals surface area contributed by atoms with E-state index in [1.54, 1.807) is 24.4 Å². The number of aromatic nitrogens is 2. The Morgan fingerprint density at radius 2 is 1.54 bits per heavy atom. The van der Waals surface area contributed by atoms with Crippen LogP contribution in [0.3, 0.4) is 0 Å². The second-order valence-corrected chi connectivity index (χ2v) is 8.17. The first-order chi connectivity index (χ1) is 16.9. The molecule has 0 aliphatic rings. The first kappa shape index (κ1) is 23.7. The highest BCUT2D eigenvalue weighted by Gasteiger charge is 2.22. The van der Waals surface area contributed by atoms with Gasteiger partial charge in [0.05, 0.1) is 17.4 Å². The summed E-state index contributed by atoms with van der Waals surface area (Å²) in [6.07, 6.45) is 1.58. The molecule has 0 aliphatic heterocycles. The monoisotopic (exact) mass is 470 g/mol. The predicted octanol–water partition coefficient (Wildman–Crippen LogP) is 6.23. The van der Waals surface area contributed by atoms with E-state index < -0.39 is 11.8 Å². The molecule has 2 amide bonds. The summed E-state index contributed by atoms with van der Waals surface area (Å²) >= 11 is 0. The van der Waals surface area contributed by atoms with Gasteiger partial charge in [0.15, 0.2) is 0 Å². The van der Waals surface area contributed by atoms with Crippen LogP contribution in [-0.4, -0.2) is 30.1 Å². The number of carbonyl (C=O) groups is 1. The topological polar surface area (TPSA) is 73.4 Å². The molecule has 178 valence electrons. The number of benzene rings is 3. The highest BCUT2D eigenvalue weighted by molar-refractivity contribution is 6.06. The van der Waals surface area contributed by atoms with Crippen LogP contribution < -0.4 is 20.4 Å². The molecule has 1 unspecified atom stereocenters. The second kappa shape index (κ2) is 10.6. The van der Waals surface area contributed by atoms with Crippen molar-refractivity contribution in [2.75, 3.05) is 34.5 Å². The lowest BCUT2D eigenvalue weighted by Crippen LogP contribution is -2.32. The Morgan fingerprint density at radius 1 is 0.886 bits per heavy atom. The van der Waals surface area contributed by atoms with Gasteiger partial charge in [-0.05, 0) is 48.9 Å². The molecule has 1 atom stereocenters. The van der Waals surface area contributed by atoms with Gasteiger partial charge < -0.3 is 15.5 Å². The van der Waals surface area contributed by atoms with Crippen molar-refractivity contribution in [1.82, 2.24) is 9.97 Å². The van der Waals surface area contributed by atoms with Crippen LogP contribution in [0, 0.1) is 5.82 Å². The van der Waals surface area contributed by atoms with E-state index in [1.807, 2.05) is 80.5 Å². The minimum atomic E-state index is -0.548. The largest absolute Gasteiger partial charge is 0.378 e. The molecule has 4 aromatic rings. The Kier molecular flexibility index (Phi) is 7.21. The fraction of sp³-hybridized carbons (Fsp3) is 0.148. The van der Waals surface area contributed by atoms with Gasteiger partial charge in [0.25, 0.3) is 0 Å². The van der Waals surface area contributed by atoms with Crippen molar-refractivity contribution >= 4 is 34.9 Å². The van der Waals surface area contributed by atoms with Crippen LogP contribution in [0.15, 0.2) is 91.1 Å². The summed E-state index contributed by atoms with van der Waals surface area (Å²) in [5, 5.41) is 5.93. The molecule has 0 fully saturated rings. The number of urea groups is 1. The number of nitrogens with zero attached hydrogens (tertiary/aromatic N) is 4. The first-order valence-electron chi connectivity index (χ1n) is 11.2. The number of hydrogen-bond acceptors (Lipinski definition) is 5. The molecule has 1 heterocycles. The molecule has 0 saturated heterocycles. The van der Waals surface area contributed by atoms with E-state index in [-0.39, 0.29) is 11.7 Å². The van der Waals surface area contributed by atoms with Crippen LogP contribution in [0.5, 0.6) is 0 Å². The Labute approximate surface area is 204 Å². The van der Waals surface area contributed by atoms with Crippen LogP contribution in [0.1, 0.15) is 18.5 Å². The molecule has 1 aromatic heterocycles. The Bertz CT molecular complexity index is 1280. The van der Waals surface area contributed by atoms with E-state index in [2.05, 4.69) is 20.6 Å². The number of amides is 2. The summed E-state index contributed by atoms with van der Waals surface area (Å²) in [6, 6.07) is 24.4. The molecule has 0 aliphatic carbocycles. The van der Waals surface area contributed by atoms with Gasteiger partial charge in [0.1, 0.15) is 11.6 Å². The standard InChI is InChI=1S/C27H27FN6O/c1-19(20-9-5-4-6-10-20)30-26-29-18-17-25(32-26)34(22-15-13-21(14-16-22)33(2)3)27(35)31-24-12-8-7-11-23(24)28/h4-19H,1-3H3,(H,31,35)(H,29,30,32). The minimum absolute atomic E-state index is 0.0495. The Balaban J connectivity index is 1.67. The van der Waals surface area contributed by atoms with Gasteiger partial charge >= 0.3 is 6.03 Å². The number of halogens is 1. The molecule has 7 nitrogen and oxygen atoms in total. The average Bonchev–Trinajstić information content (AvgIpc) is 2.87. The van der Waals surface area contributed by atoms with Crippen LogP contribution in [0.2, 0.25) is 0 Å². The van der Waals surface area contributed by atoms with Gasteiger partial charge in [-0.2, -0.15) is 4.98 Å². The highest BCUT2D eigenvalue weighted by Crippen LogP contribution is 2.28. The molecule has 3 aromatic carbocycles. The normalized spacial score (nSPS) is 11.4. The molecule has 4 rings (SSSR count). The van der Waals surface area contributed by atoms with Crippen molar-refractivity contribution in [3.05, 3.63) is 103 Å². The zero-order valence-corrected chi connectivity index (χ0v) is 19.8. The molecule has 0 spiro atoms. The van der Waals surface area contributed by atoms with Crippen molar-refractivity contribution in [2.45, 2.75) is 13.0 Å². The molecule has 2 N–H and O–H groups in total. The lowest BCUT2D eigenvalue weighted by atomic mass is 10.1. The highest BCUT2D eigenvalue weighted by atomic mass is 19.1. The van der Waals surface area contributed by atoms with Crippen molar-refractivity contribution in [3.63, 3.8) is 0 Å². The Morgan fingerprint density at radius 3 is 2.23 bits per heavy atom. The molecule has 0 saturated carbocycles. The number of nitrogens with one attached hydrogen (secondary N) is 2.